The SMILES string of the molecule is [CH2]CSCC(Cl)c1ccccc1. The van der Waals surface area contributed by atoms with Gasteiger partial charge in [0.1, 0.15) is 0 Å². The lowest BCUT2D eigenvalue weighted by molar-refractivity contribution is 1.10. The van der Waals surface area contributed by atoms with Gasteiger partial charge >= 0.3 is 0 Å². The molecule has 0 aliphatic heterocycles. The zero-order chi connectivity index (χ0) is 8.81. The summed E-state index contributed by atoms with van der Waals surface area (Å²) in [6, 6.07) is 10.1. The van der Waals surface area contributed by atoms with Crippen molar-refractivity contribution in [2.75, 3.05) is 11.5 Å². The number of rotatable bonds is 4. The quantitative estimate of drug-likeness (QED) is 0.669. The Kier molecular flexibility index (Phi) is 4.55. The molecule has 0 saturated carbocycles. The van der Waals surface area contributed by atoms with E-state index >= 15 is 0 Å². The van der Waals surface area contributed by atoms with Crippen LogP contribution in [-0.4, -0.2) is 11.5 Å². The summed E-state index contributed by atoms with van der Waals surface area (Å²) in [7, 11) is 0. The molecule has 1 unspecified atom stereocenters. The van der Waals surface area contributed by atoms with E-state index in [0.29, 0.717) is 0 Å². The van der Waals surface area contributed by atoms with Gasteiger partial charge in [-0.2, -0.15) is 11.8 Å². The molecule has 0 spiro atoms. The van der Waals surface area contributed by atoms with Crippen molar-refractivity contribution in [1.29, 1.82) is 0 Å². The molecule has 0 amide bonds. The lowest BCUT2D eigenvalue weighted by Gasteiger charge is -2.07. The lowest BCUT2D eigenvalue weighted by Crippen LogP contribution is -1.93. The van der Waals surface area contributed by atoms with Gasteiger partial charge in [0, 0.05) is 5.75 Å². The van der Waals surface area contributed by atoms with Crippen LogP contribution in [0.1, 0.15) is 10.9 Å². The van der Waals surface area contributed by atoms with Crippen LogP contribution in [0.3, 0.4) is 0 Å². The van der Waals surface area contributed by atoms with Gasteiger partial charge in [-0.05, 0) is 18.2 Å². The molecule has 0 fully saturated rings. The van der Waals surface area contributed by atoms with E-state index < -0.39 is 0 Å². The average Bonchev–Trinajstić information content (AvgIpc) is 2.15. The van der Waals surface area contributed by atoms with Gasteiger partial charge in [0.2, 0.25) is 0 Å². The van der Waals surface area contributed by atoms with Gasteiger partial charge < -0.3 is 0 Å². The van der Waals surface area contributed by atoms with Gasteiger partial charge in [0.15, 0.2) is 0 Å². The Labute approximate surface area is 83.3 Å². The number of alkyl halides is 1. The molecule has 0 aliphatic rings. The molecular weight excluding hydrogens is 188 g/mol. The Balaban J connectivity index is 2.48. The van der Waals surface area contributed by atoms with Crippen molar-refractivity contribution in [2.24, 2.45) is 0 Å². The van der Waals surface area contributed by atoms with E-state index in [9.17, 15) is 0 Å². The molecule has 2 heteroatoms. The van der Waals surface area contributed by atoms with E-state index in [1.807, 2.05) is 18.2 Å². The minimum atomic E-state index is 0.123. The maximum absolute atomic E-state index is 6.14. The van der Waals surface area contributed by atoms with Crippen molar-refractivity contribution in [3.63, 3.8) is 0 Å². The highest BCUT2D eigenvalue weighted by Crippen LogP contribution is 2.23. The van der Waals surface area contributed by atoms with Crippen LogP contribution in [0.5, 0.6) is 0 Å². The molecule has 1 aromatic rings. The van der Waals surface area contributed by atoms with E-state index in [0.717, 1.165) is 11.5 Å². The van der Waals surface area contributed by atoms with Gasteiger partial charge in [-0.25, -0.2) is 0 Å². The van der Waals surface area contributed by atoms with Crippen molar-refractivity contribution in [2.45, 2.75) is 5.38 Å². The van der Waals surface area contributed by atoms with Crippen LogP contribution < -0.4 is 0 Å². The zero-order valence-electron chi connectivity index (χ0n) is 6.87. The van der Waals surface area contributed by atoms with Gasteiger partial charge in [-0.3, -0.25) is 0 Å². The first-order valence-electron chi connectivity index (χ1n) is 3.90. The Morgan fingerprint density at radius 1 is 1.33 bits per heavy atom. The van der Waals surface area contributed by atoms with Crippen molar-refractivity contribution in [1.82, 2.24) is 0 Å². The molecule has 0 saturated heterocycles. The Hall–Kier alpha value is -0.140. The maximum Gasteiger partial charge on any atom is 0.0675 e. The highest BCUT2D eigenvalue weighted by Gasteiger charge is 2.05. The standard InChI is InChI=1S/C10H12ClS/c1-2-12-8-10(11)9-6-4-3-5-7-9/h3-7,10H,1-2,8H2. The molecule has 1 aromatic carbocycles. The van der Waals surface area contributed by atoms with Crippen LogP contribution in [-0.2, 0) is 0 Å². The first kappa shape index (κ1) is 9.94. The molecule has 65 valence electrons. The van der Waals surface area contributed by atoms with E-state index in [-0.39, 0.29) is 5.38 Å². The van der Waals surface area contributed by atoms with Crippen LogP contribution in [0, 0.1) is 6.92 Å². The molecular formula is C10H12ClS. The highest BCUT2D eigenvalue weighted by molar-refractivity contribution is 7.99. The molecule has 0 N–H and O–H groups in total. The molecule has 0 heterocycles. The zero-order valence-corrected chi connectivity index (χ0v) is 8.44. The summed E-state index contributed by atoms with van der Waals surface area (Å²) in [5, 5.41) is 0.123. The number of halogens is 1. The second-order valence-corrected chi connectivity index (χ2v) is 4.13. The van der Waals surface area contributed by atoms with Crippen LogP contribution >= 0.6 is 23.4 Å². The predicted molar refractivity (Wildman–Crippen MR) is 57.7 cm³/mol. The number of hydrogen-bond acceptors (Lipinski definition) is 1. The third-order valence-electron chi connectivity index (χ3n) is 1.57. The largest absolute Gasteiger partial charge is 0.160 e. The van der Waals surface area contributed by atoms with E-state index in [2.05, 4.69) is 19.1 Å². The average molecular weight is 200 g/mol. The molecule has 1 radical (unpaired) electrons. The fourth-order valence-electron chi connectivity index (χ4n) is 0.945. The van der Waals surface area contributed by atoms with Crippen molar-refractivity contribution in [3.05, 3.63) is 42.8 Å². The van der Waals surface area contributed by atoms with Gasteiger partial charge in [0.25, 0.3) is 0 Å². The van der Waals surface area contributed by atoms with E-state index in [1.165, 1.54) is 5.56 Å². The molecule has 1 rings (SSSR count). The minimum absolute atomic E-state index is 0.123. The topological polar surface area (TPSA) is 0 Å². The first-order valence-corrected chi connectivity index (χ1v) is 5.49. The second-order valence-electron chi connectivity index (χ2n) is 2.45. The Morgan fingerprint density at radius 2 is 2.00 bits per heavy atom. The molecule has 0 aliphatic carbocycles. The molecule has 12 heavy (non-hydrogen) atoms. The molecule has 1 atom stereocenters. The summed E-state index contributed by atoms with van der Waals surface area (Å²) in [4.78, 5) is 0. The van der Waals surface area contributed by atoms with E-state index in [1.54, 1.807) is 11.8 Å². The molecule has 0 aromatic heterocycles. The summed E-state index contributed by atoms with van der Waals surface area (Å²) >= 11 is 7.90. The number of benzene rings is 1. The van der Waals surface area contributed by atoms with Crippen LogP contribution in [0.2, 0.25) is 0 Å². The minimum Gasteiger partial charge on any atom is -0.160 e. The fraction of sp³-hybridized carbons (Fsp3) is 0.300. The lowest BCUT2D eigenvalue weighted by atomic mass is 10.2. The molecule has 0 bridgehead atoms. The molecule has 0 nitrogen and oxygen atoms in total. The van der Waals surface area contributed by atoms with Gasteiger partial charge in [0.05, 0.1) is 5.38 Å². The van der Waals surface area contributed by atoms with Crippen molar-refractivity contribution < 1.29 is 0 Å². The summed E-state index contributed by atoms with van der Waals surface area (Å²) < 4.78 is 0. The predicted octanol–water partition coefficient (Wildman–Crippen LogP) is 3.53. The van der Waals surface area contributed by atoms with E-state index in [4.69, 9.17) is 11.6 Å². The third kappa shape index (κ3) is 3.08. The first-order chi connectivity index (χ1) is 5.84. The Bertz CT molecular complexity index is 210. The van der Waals surface area contributed by atoms with Gasteiger partial charge in [-0.15, -0.1) is 11.6 Å². The maximum atomic E-state index is 6.14. The normalized spacial score (nSPS) is 12.8. The third-order valence-corrected chi connectivity index (χ3v) is 3.02. The number of thioether (sulfide) groups is 1. The Morgan fingerprint density at radius 3 is 2.58 bits per heavy atom. The van der Waals surface area contributed by atoms with Crippen LogP contribution in [0.4, 0.5) is 0 Å². The second kappa shape index (κ2) is 5.50. The van der Waals surface area contributed by atoms with Crippen LogP contribution in [0.25, 0.3) is 0 Å². The smallest absolute Gasteiger partial charge is 0.0675 e. The summed E-state index contributed by atoms with van der Waals surface area (Å²) in [6.45, 7) is 3.76. The summed E-state index contributed by atoms with van der Waals surface area (Å²) in [5.41, 5.74) is 1.19. The monoisotopic (exact) mass is 199 g/mol. The highest BCUT2D eigenvalue weighted by atomic mass is 35.5. The summed E-state index contributed by atoms with van der Waals surface area (Å²) in [5.74, 6) is 1.82. The van der Waals surface area contributed by atoms with Crippen LogP contribution in [0.15, 0.2) is 30.3 Å². The summed E-state index contributed by atoms with van der Waals surface area (Å²) in [6.07, 6.45) is 0. The number of hydrogen-bond donors (Lipinski definition) is 0. The fourth-order valence-corrected chi connectivity index (χ4v) is 1.92. The van der Waals surface area contributed by atoms with Crippen molar-refractivity contribution in [3.8, 4) is 0 Å². The van der Waals surface area contributed by atoms with Crippen molar-refractivity contribution >= 4 is 23.4 Å². The van der Waals surface area contributed by atoms with Gasteiger partial charge in [-0.1, -0.05) is 30.3 Å².